The second-order valence-electron chi connectivity index (χ2n) is 2.82. The molecule has 0 aliphatic rings. The van der Waals surface area contributed by atoms with Crippen LogP contribution in [0.2, 0.25) is 0 Å². The highest BCUT2D eigenvalue weighted by Crippen LogP contribution is 1.82. The highest BCUT2D eigenvalue weighted by molar-refractivity contribution is 5.86. The van der Waals surface area contributed by atoms with E-state index < -0.39 is 18.2 Å². The molecule has 5 N–H and O–H groups in total. The lowest BCUT2D eigenvalue weighted by Gasteiger charge is -2.13. The third kappa shape index (κ3) is 5.92. The summed E-state index contributed by atoms with van der Waals surface area (Å²) in [4.78, 5) is 21.4. The minimum Gasteiger partial charge on any atom is -0.392 e. The molecule has 0 spiro atoms. The van der Waals surface area contributed by atoms with E-state index in [-0.39, 0.29) is 12.5 Å². The van der Waals surface area contributed by atoms with E-state index in [1.807, 2.05) is 0 Å². The molecule has 0 heterocycles. The number of urea groups is 1. The predicted octanol–water partition coefficient (Wildman–Crippen LogP) is -1.46. The fourth-order valence-corrected chi connectivity index (χ4v) is 0.680. The van der Waals surface area contributed by atoms with Gasteiger partial charge >= 0.3 is 6.03 Å². The van der Waals surface area contributed by atoms with E-state index in [0.29, 0.717) is 0 Å². The van der Waals surface area contributed by atoms with Gasteiger partial charge in [-0.25, -0.2) is 4.79 Å². The second kappa shape index (κ2) is 5.36. The number of amides is 3. The molecule has 3 amide bonds. The first kappa shape index (κ1) is 11.7. The fourth-order valence-electron chi connectivity index (χ4n) is 0.680. The van der Waals surface area contributed by atoms with Crippen molar-refractivity contribution in [1.29, 1.82) is 0 Å². The van der Waals surface area contributed by atoms with Gasteiger partial charge in [0, 0.05) is 6.54 Å². The lowest BCUT2D eigenvalue weighted by atomic mass is 10.3. The molecular formula is C7H15N3O3. The molecule has 13 heavy (non-hydrogen) atoms. The number of hydrogen-bond acceptors (Lipinski definition) is 3. The molecule has 6 nitrogen and oxygen atoms in total. The van der Waals surface area contributed by atoms with Crippen molar-refractivity contribution in [2.24, 2.45) is 5.73 Å². The average Bonchev–Trinajstić information content (AvgIpc) is 1.98. The number of nitrogens with one attached hydrogen (secondary N) is 2. The molecule has 2 unspecified atom stereocenters. The molecule has 76 valence electrons. The molecular weight excluding hydrogens is 174 g/mol. The summed E-state index contributed by atoms with van der Waals surface area (Å²) in [5.74, 6) is -0.375. The first-order valence-electron chi connectivity index (χ1n) is 3.95. The third-order valence-corrected chi connectivity index (χ3v) is 1.32. The van der Waals surface area contributed by atoms with Gasteiger partial charge in [-0.05, 0) is 13.8 Å². The smallest absolute Gasteiger partial charge is 0.312 e. The summed E-state index contributed by atoms with van der Waals surface area (Å²) in [6.07, 6.45) is -0.607. The molecule has 0 aromatic rings. The molecule has 0 aliphatic carbocycles. The number of nitrogens with two attached hydrogens (primary N) is 1. The summed E-state index contributed by atoms with van der Waals surface area (Å²) < 4.78 is 0. The normalized spacial score (nSPS) is 14.4. The van der Waals surface area contributed by atoms with E-state index >= 15 is 0 Å². The van der Waals surface area contributed by atoms with Gasteiger partial charge < -0.3 is 21.5 Å². The highest BCUT2D eigenvalue weighted by Gasteiger charge is 2.13. The molecule has 0 aromatic carbocycles. The Bertz CT molecular complexity index is 193. The van der Waals surface area contributed by atoms with Gasteiger partial charge in [-0.3, -0.25) is 4.79 Å². The number of carbonyl (C=O) groups is 2. The Morgan fingerprint density at radius 1 is 1.46 bits per heavy atom. The first-order valence-corrected chi connectivity index (χ1v) is 3.95. The fraction of sp³-hybridized carbons (Fsp3) is 0.714. The summed E-state index contributed by atoms with van der Waals surface area (Å²) in [6, 6.07) is -1.43. The van der Waals surface area contributed by atoms with E-state index in [2.05, 4.69) is 10.6 Å². The van der Waals surface area contributed by atoms with Crippen LogP contribution in [-0.4, -0.2) is 35.7 Å². The van der Waals surface area contributed by atoms with Gasteiger partial charge in [-0.2, -0.15) is 0 Å². The minimum absolute atomic E-state index is 0.156. The highest BCUT2D eigenvalue weighted by atomic mass is 16.3. The van der Waals surface area contributed by atoms with Gasteiger partial charge in [0.15, 0.2) is 0 Å². The number of hydrogen-bond donors (Lipinski definition) is 4. The molecule has 0 saturated heterocycles. The monoisotopic (exact) mass is 189 g/mol. The van der Waals surface area contributed by atoms with Crippen molar-refractivity contribution < 1.29 is 14.7 Å². The Labute approximate surface area is 76.5 Å². The number of primary amides is 1. The second-order valence-corrected chi connectivity index (χ2v) is 2.82. The van der Waals surface area contributed by atoms with Crippen LogP contribution in [0.25, 0.3) is 0 Å². The maximum atomic E-state index is 11.1. The molecule has 2 atom stereocenters. The zero-order chi connectivity index (χ0) is 10.4. The van der Waals surface area contributed by atoms with Crippen LogP contribution < -0.4 is 16.4 Å². The summed E-state index contributed by atoms with van der Waals surface area (Å²) >= 11 is 0. The topological polar surface area (TPSA) is 104 Å². The molecule has 0 bridgehead atoms. The van der Waals surface area contributed by atoms with Gasteiger partial charge in [0.05, 0.1) is 6.10 Å². The van der Waals surface area contributed by atoms with Crippen molar-refractivity contribution in [3.63, 3.8) is 0 Å². The van der Waals surface area contributed by atoms with Crippen LogP contribution in [-0.2, 0) is 4.79 Å². The number of aliphatic hydroxyl groups excluding tert-OH is 1. The standard InChI is InChI=1S/C7H15N3O3/c1-4(11)3-9-6(12)5(2)10-7(8)13/h4-5,11H,3H2,1-2H3,(H,9,12)(H3,8,10,13). The van der Waals surface area contributed by atoms with Crippen LogP contribution in [0.5, 0.6) is 0 Å². The van der Waals surface area contributed by atoms with E-state index in [1.54, 1.807) is 6.92 Å². The summed E-state index contributed by atoms with van der Waals surface area (Å²) in [7, 11) is 0. The maximum absolute atomic E-state index is 11.1. The van der Waals surface area contributed by atoms with E-state index in [0.717, 1.165) is 0 Å². The maximum Gasteiger partial charge on any atom is 0.312 e. The van der Waals surface area contributed by atoms with Crippen molar-refractivity contribution in [3.05, 3.63) is 0 Å². The van der Waals surface area contributed by atoms with Gasteiger partial charge in [0.2, 0.25) is 5.91 Å². The SMILES string of the molecule is CC(O)CNC(=O)C(C)NC(N)=O. The van der Waals surface area contributed by atoms with E-state index in [4.69, 9.17) is 10.8 Å². The van der Waals surface area contributed by atoms with Crippen molar-refractivity contribution in [3.8, 4) is 0 Å². The van der Waals surface area contributed by atoms with Gasteiger partial charge in [-0.1, -0.05) is 0 Å². The number of rotatable bonds is 4. The van der Waals surface area contributed by atoms with Gasteiger partial charge in [0.25, 0.3) is 0 Å². The average molecular weight is 189 g/mol. The van der Waals surface area contributed by atoms with Crippen LogP contribution in [0.3, 0.4) is 0 Å². The quantitative estimate of drug-likeness (QED) is 0.434. The number of aliphatic hydroxyl groups is 1. The molecule has 0 aromatic heterocycles. The summed E-state index contributed by atoms with van der Waals surface area (Å²) in [5, 5.41) is 13.5. The van der Waals surface area contributed by atoms with Crippen LogP contribution in [0.1, 0.15) is 13.8 Å². The molecule has 0 saturated carbocycles. The zero-order valence-electron chi connectivity index (χ0n) is 7.70. The first-order chi connectivity index (χ1) is 5.93. The molecule has 0 aliphatic heterocycles. The minimum atomic E-state index is -0.750. The van der Waals surface area contributed by atoms with E-state index in [9.17, 15) is 9.59 Å². The Kier molecular flexibility index (Phi) is 4.83. The van der Waals surface area contributed by atoms with Crippen molar-refractivity contribution >= 4 is 11.9 Å². The van der Waals surface area contributed by atoms with Gasteiger partial charge in [-0.15, -0.1) is 0 Å². The van der Waals surface area contributed by atoms with Crippen LogP contribution in [0, 0.1) is 0 Å². The Hall–Kier alpha value is -1.30. The summed E-state index contributed by atoms with van der Waals surface area (Å²) in [5.41, 5.74) is 4.81. The van der Waals surface area contributed by atoms with Crippen LogP contribution in [0.15, 0.2) is 0 Å². The van der Waals surface area contributed by atoms with Crippen molar-refractivity contribution in [2.45, 2.75) is 26.0 Å². The zero-order valence-corrected chi connectivity index (χ0v) is 7.70. The Balaban J connectivity index is 3.76. The Morgan fingerprint density at radius 2 is 2.00 bits per heavy atom. The van der Waals surface area contributed by atoms with Gasteiger partial charge in [0.1, 0.15) is 6.04 Å². The Morgan fingerprint density at radius 3 is 2.38 bits per heavy atom. The van der Waals surface area contributed by atoms with Crippen molar-refractivity contribution in [1.82, 2.24) is 10.6 Å². The van der Waals surface area contributed by atoms with E-state index in [1.165, 1.54) is 6.92 Å². The van der Waals surface area contributed by atoms with Crippen molar-refractivity contribution in [2.75, 3.05) is 6.54 Å². The summed E-state index contributed by atoms with van der Waals surface area (Å²) in [6.45, 7) is 3.21. The lowest BCUT2D eigenvalue weighted by molar-refractivity contribution is -0.122. The lowest BCUT2D eigenvalue weighted by Crippen LogP contribution is -2.47. The largest absolute Gasteiger partial charge is 0.392 e. The number of carbonyl (C=O) groups excluding carboxylic acids is 2. The molecule has 0 fully saturated rings. The van der Waals surface area contributed by atoms with Crippen LogP contribution >= 0.6 is 0 Å². The molecule has 0 rings (SSSR count). The predicted molar refractivity (Wildman–Crippen MR) is 46.9 cm³/mol. The third-order valence-electron chi connectivity index (χ3n) is 1.32. The molecule has 6 heteroatoms. The van der Waals surface area contributed by atoms with Crippen LogP contribution in [0.4, 0.5) is 4.79 Å². The molecule has 0 radical (unpaired) electrons.